The lowest BCUT2D eigenvalue weighted by Gasteiger charge is -2.35. The van der Waals surface area contributed by atoms with Crippen molar-refractivity contribution in [1.82, 2.24) is 19.7 Å². The molecule has 0 saturated heterocycles. The summed E-state index contributed by atoms with van der Waals surface area (Å²) < 4.78 is 117. The lowest BCUT2D eigenvalue weighted by molar-refractivity contribution is -0.0500. The highest BCUT2D eigenvalue weighted by atomic mass is 32.2. The smallest absolute Gasteiger partial charge is 0.490 e. The molecule has 0 aliphatic carbocycles. The van der Waals surface area contributed by atoms with Gasteiger partial charge in [0.05, 0.1) is 47.1 Å². The highest BCUT2D eigenvalue weighted by Gasteiger charge is 2.49. The number of benzene rings is 1. The van der Waals surface area contributed by atoms with E-state index < -0.39 is 50.9 Å². The lowest BCUT2D eigenvalue weighted by atomic mass is 9.99. The minimum atomic E-state index is -6.18. The summed E-state index contributed by atoms with van der Waals surface area (Å²) in [4.78, 5) is 18.6. The number of fused-ring (bicyclic) bond motifs is 2. The van der Waals surface area contributed by atoms with Gasteiger partial charge in [0.15, 0.2) is 0 Å². The van der Waals surface area contributed by atoms with E-state index in [9.17, 15) is 30.8 Å². The minimum absolute atomic E-state index is 0.0156. The van der Waals surface area contributed by atoms with Gasteiger partial charge in [0, 0.05) is 24.8 Å². The van der Waals surface area contributed by atoms with Crippen molar-refractivity contribution >= 4 is 37.6 Å². The molecule has 5 rings (SSSR count). The molecule has 0 radical (unpaired) electrons. The predicted octanol–water partition coefficient (Wildman–Crippen LogP) is 6.50. The zero-order chi connectivity index (χ0) is 34.5. The normalized spacial score (nSPS) is 15.5. The molecule has 1 amide bonds. The summed E-state index contributed by atoms with van der Waals surface area (Å²) in [6.45, 7) is 7.04. The van der Waals surface area contributed by atoms with Crippen molar-refractivity contribution in [1.29, 1.82) is 0 Å². The van der Waals surface area contributed by atoms with Crippen LogP contribution in [0.3, 0.4) is 0 Å². The van der Waals surface area contributed by atoms with Crippen LogP contribution < -0.4 is 8.92 Å². The highest BCUT2D eigenvalue weighted by Crippen LogP contribution is 2.47. The van der Waals surface area contributed by atoms with E-state index in [0.717, 1.165) is 17.4 Å². The fraction of sp³-hybridized carbons (Fsp3) is 0.414. The summed E-state index contributed by atoms with van der Waals surface area (Å²) in [5, 5.41) is 5.77. The average Bonchev–Trinajstić information content (AvgIpc) is 3.59. The van der Waals surface area contributed by atoms with Crippen LogP contribution in [0.25, 0.3) is 32.6 Å². The summed E-state index contributed by atoms with van der Waals surface area (Å²) in [7, 11) is -4.78. The maximum absolute atomic E-state index is 15.8. The molecule has 1 aliphatic rings. The molecule has 0 fully saturated rings. The SMILES string of the molecule is COCCOc1cc(F)cc(F)c1-c1c(-c2cc3n(n2)CC(C)N(C(=O)OC(C)(C)C)C3)nc(OS(=O)(=O)C(F)(F)F)c2ccsc12. The third-order valence-corrected chi connectivity index (χ3v) is 8.77. The fourth-order valence-electron chi connectivity index (χ4n) is 4.87. The zero-order valence-electron chi connectivity index (χ0n) is 25.6. The Morgan fingerprint density at radius 2 is 1.83 bits per heavy atom. The molecule has 1 aromatic carbocycles. The number of halogens is 5. The molecule has 0 spiro atoms. The largest absolute Gasteiger partial charge is 0.534 e. The number of alkyl halides is 3. The van der Waals surface area contributed by atoms with Crippen molar-refractivity contribution in [2.75, 3.05) is 20.3 Å². The number of carbonyl (C=O) groups excluding carboxylic acids is 1. The molecule has 47 heavy (non-hydrogen) atoms. The van der Waals surface area contributed by atoms with Gasteiger partial charge in [-0.25, -0.2) is 18.6 Å². The summed E-state index contributed by atoms with van der Waals surface area (Å²) in [6, 6.07) is 3.85. The van der Waals surface area contributed by atoms with Gasteiger partial charge < -0.3 is 18.4 Å². The molecule has 1 aliphatic heterocycles. The molecular weight excluding hydrogens is 675 g/mol. The van der Waals surface area contributed by atoms with E-state index in [0.29, 0.717) is 11.8 Å². The van der Waals surface area contributed by atoms with E-state index in [1.807, 2.05) is 0 Å². The van der Waals surface area contributed by atoms with Crippen molar-refractivity contribution in [3.05, 3.63) is 47.0 Å². The number of ether oxygens (including phenoxy) is 3. The Kier molecular flexibility index (Phi) is 9.15. The van der Waals surface area contributed by atoms with Crippen LogP contribution in [0.5, 0.6) is 11.6 Å². The van der Waals surface area contributed by atoms with Gasteiger partial charge in [-0.15, -0.1) is 11.3 Å². The van der Waals surface area contributed by atoms with Gasteiger partial charge in [-0.3, -0.25) is 9.58 Å². The molecule has 0 N–H and O–H groups in total. The minimum Gasteiger partial charge on any atom is -0.490 e. The van der Waals surface area contributed by atoms with E-state index in [1.54, 1.807) is 27.7 Å². The Balaban J connectivity index is 1.74. The lowest BCUT2D eigenvalue weighted by Crippen LogP contribution is -2.46. The molecule has 0 saturated carbocycles. The third-order valence-electron chi connectivity index (χ3n) is 6.89. The Labute approximate surface area is 269 Å². The van der Waals surface area contributed by atoms with Crippen LogP contribution in [0.1, 0.15) is 33.4 Å². The molecule has 1 unspecified atom stereocenters. The monoisotopic (exact) mass is 704 g/mol. The third kappa shape index (κ3) is 6.99. The fourth-order valence-corrected chi connectivity index (χ4v) is 6.24. The molecule has 4 heterocycles. The first-order valence-electron chi connectivity index (χ1n) is 14.0. The van der Waals surface area contributed by atoms with Crippen molar-refractivity contribution < 1.29 is 53.6 Å². The summed E-state index contributed by atoms with van der Waals surface area (Å²) in [5.41, 5.74) is -6.77. The molecule has 254 valence electrons. The Morgan fingerprint density at radius 1 is 1.11 bits per heavy atom. The van der Waals surface area contributed by atoms with Crippen molar-refractivity contribution in [3.63, 3.8) is 0 Å². The number of thiophene rings is 1. The molecule has 18 heteroatoms. The van der Waals surface area contributed by atoms with E-state index >= 15 is 4.39 Å². The Bertz CT molecular complexity index is 1940. The quantitative estimate of drug-likeness (QED) is 0.0876. The zero-order valence-corrected chi connectivity index (χ0v) is 27.3. The van der Waals surface area contributed by atoms with Crippen LogP contribution in [0, 0.1) is 11.6 Å². The molecular formula is C29H29F5N4O7S2. The molecule has 0 bridgehead atoms. The number of methoxy groups -OCH3 is 1. The van der Waals surface area contributed by atoms with Gasteiger partial charge in [-0.2, -0.15) is 26.7 Å². The van der Waals surface area contributed by atoms with Crippen LogP contribution >= 0.6 is 11.3 Å². The molecule has 1 atom stereocenters. The van der Waals surface area contributed by atoms with Gasteiger partial charge in [0.2, 0.25) is 5.88 Å². The number of hydrogen-bond acceptors (Lipinski definition) is 10. The summed E-state index contributed by atoms with van der Waals surface area (Å²) in [6.07, 6.45) is -0.586. The maximum atomic E-state index is 15.8. The van der Waals surface area contributed by atoms with E-state index in [2.05, 4.69) is 14.3 Å². The average molecular weight is 705 g/mol. The summed E-state index contributed by atoms with van der Waals surface area (Å²) in [5.74, 6) is -3.28. The number of aromatic nitrogens is 3. The first-order valence-corrected chi connectivity index (χ1v) is 16.3. The Morgan fingerprint density at radius 3 is 2.49 bits per heavy atom. The van der Waals surface area contributed by atoms with Gasteiger partial charge in [0.1, 0.15) is 41.0 Å². The van der Waals surface area contributed by atoms with Crippen LogP contribution in [0.2, 0.25) is 0 Å². The van der Waals surface area contributed by atoms with E-state index in [4.69, 9.17) is 14.2 Å². The molecule has 4 aromatic rings. The van der Waals surface area contributed by atoms with Gasteiger partial charge >= 0.3 is 21.7 Å². The number of rotatable bonds is 8. The number of pyridine rings is 1. The second kappa shape index (κ2) is 12.5. The van der Waals surface area contributed by atoms with Gasteiger partial charge in [-0.05, 0) is 45.2 Å². The number of nitrogens with zero attached hydrogens (tertiary/aromatic N) is 4. The van der Waals surface area contributed by atoms with Crippen LogP contribution in [-0.2, 0) is 32.7 Å². The first kappa shape index (κ1) is 34.3. The maximum Gasteiger partial charge on any atom is 0.534 e. The second-order valence-corrected chi connectivity index (χ2v) is 14.0. The topological polar surface area (TPSA) is 122 Å². The van der Waals surface area contributed by atoms with Crippen LogP contribution in [-0.4, -0.2) is 71.7 Å². The summed E-state index contributed by atoms with van der Waals surface area (Å²) >= 11 is 0.919. The van der Waals surface area contributed by atoms with Gasteiger partial charge in [-0.1, -0.05) is 0 Å². The highest BCUT2D eigenvalue weighted by molar-refractivity contribution is 7.88. The first-order chi connectivity index (χ1) is 21.9. The molecule has 3 aromatic heterocycles. The van der Waals surface area contributed by atoms with E-state index in [1.165, 1.54) is 34.2 Å². The van der Waals surface area contributed by atoms with Crippen molar-refractivity contribution in [3.8, 4) is 34.1 Å². The molecule has 11 nitrogen and oxygen atoms in total. The predicted molar refractivity (Wildman–Crippen MR) is 160 cm³/mol. The Hall–Kier alpha value is -4.03. The number of carbonyl (C=O) groups is 1. The van der Waals surface area contributed by atoms with Crippen molar-refractivity contribution in [2.24, 2.45) is 0 Å². The van der Waals surface area contributed by atoms with Crippen molar-refractivity contribution in [2.45, 2.75) is 57.9 Å². The second-order valence-electron chi connectivity index (χ2n) is 11.5. The number of hydrogen-bond donors (Lipinski definition) is 0. The standard InChI is InChI=1S/C29H29F5N4O7S2/c1-15-13-38-17(14-37(15)27(39)44-28(2,3)4)12-20(36-38)24-23(22-19(31)10-16(30)11-21(22)43-8-7-42-5)25-18(6-9-46-25)26(35-24)45-47(40,41)29(32,33)34/h6,9-12,15H,7-8,13-14H2,1-5H3. The van der Waals surface area contributed by atoms with E-state index in [-0.39, 0.29) is 64.7 Å². The van der Waals surface area contributed by atoms with Gasteiger partial charge in [0.25, 0.3) is 0 Å². The van der Waals surface area contributed by atoms with Crippen LogP contribution in [0.4, 0.5) is 26.7 Å². The number of amides is 1. The van der Waals surface area contributed by atoms with Crippen LogP contribution in [0.15, 0.2) is 29.6 Å².